The van der Waals surface area contributed by atoms with Gasteiger partial charge in [0, 0.05) is 31.8 Å². The van der Waals surface area contributed by atoms with Crippen LogP contribution in [0.2, 0.25) is 0 Å². The van der Waals surface area contributed by atoms with Crippen LogP contribution in [0.1, 0.15) is 18.9 Å². The van der Waals surface area contributed by atoms with Gasteiger partial charge in [-0.25, -0.2) is 9.79 Å². The van der Waals surface area contributed by atoms with Crippen LogP contribution in [0.3, 0.4) is 0 Å². The second kappa shape index (κ2) is 6.35. The van der Waals surface area contributed by atoms with Gasteiger partial charge in [-0.15, -0.1) is 0 Å². The van der Waals surface area contributed by atoms with E-state index in [1.54, 1.807) is 12.2 Å². The highest BCUT2D eigenvalue weighted by Crippen LogP contribution is 2.28. The van der Waals surface area contributed by atoms with Crippen LogP contribution >= 0.6 is 0 Å². The van der Waals surface area contributed by atoms with Gasteiger partial charge in [-0.1, -0.05) is 48.6 Å². The molecule has 24 heavy (non-hydrogen) atoms. The maximum atomic E-state index is 11.2. The molecule has 1 aliphatic carbocycles. The van der Waals surface area contributed by atoms with E-state index < -0.39 is 11.5 Å². The summed E-state index contributed by atoms with van der Waals surface area (Å²) in [6, 6.07) is 10.2. The van der Waals surface area contributed by atoms with E-state index in [-0.39, 0.29) is 0 Å². The summed E-state index contributed by atoms with van der Waals surface area (Å²) < 4.78 is 0. The molecule has 2 N–H and O–H groups in total. The number of carbonyl (C=O) groups is 1. The van der Waals surface area contributed by atoms with Crippen molar-refractivity contribution in [2.45, 2.75) is 18.9 Å². The van der Waals surface area contributed by atoms with E-state index in [9.17, 15) is 9.90 Å². The van der Waals surface area contributed by atoms with Gasteiger partial charge in [0.25, 0.3) is 0 Å². The zero-order valence-corrected chi connectivity index (χ0v) is 13.9. The van der Waals surface area contributed by atoms with Gasteiger partial charge in [-0.3, -0.25) is 0 Å². The van der Waals surface area contributed by atoms with E-state index in [1.165, 1.54) is 11.1 Å². The van der Waals surface area contributed by atoms with Gasteiger partial charge in [-0.2, -0.15) is 0 Å². The third-order valence-corrected chi connectivity index (χ3v) is 4.23. The third-order valence-electron chi connectivity index (χ3n) is 4.23. The molecule has 1 heterocycles. The van der Waals surface area contributed by atoms with Crippen LogP contribution in [0.25, 0.3) is 5.57 Å². The Morgan fingerprint density at radius 1 is 1.33 bits per heavy atom. The number of guanidine groups is 1. The molecule has 2 aliphatic rings. The molecule has 0 amide bonds. The summed E-state index contributed by atoms with van der Waals surface area (Å²) in [7, 11) is 1.98. The number of hydrogen-bond acceptors (Lipinski definition) is 2. The average Bonchev–Trinajstić information content (AvgIpc) is 2.57. The number of rotatable bonds is 3. The largest absolute Gasteiger partial charge is 0.478 e. The van der Waals surface area contributed by atoms with Gasteiger partial charge >= 0.3 is 5.97 Å². The van der Waals surface area contributed by atoms with Crippen molar-refractivity contribution in [3.63, 3.8) is 0 Å². The second-order valence-electron chi connectivity index (χ2n) is 6.36. The zero-order valence-electron chi connectivity index (χ0n) is 13.9. The molecule has 5 heteroatoms. The molecule has 0 spiro atoms. The first-order chi connectivity index (χ1) is 11.5. The van der Waals surface area contributed by atoms with Crippen molar-refractivity contribution in [3.8, 4) is 0 Å². The monoisotopic (exact) mass is 323 g/mol. The highest BCUT2D eigenvalue weighted by atomic mass is 16.4. The molecule has 124 valence electrons. The van der Waals surface area contributed by atoms with Crippen LogP contribution in [0.5, 0.6) is 0 Å². The van der Waals surface area contributed by atoms with E-state index in [0.29, 0.717) is 12.0 Å². The molecule has 0 bridgehead atoms. The molecule has 0 saturated heterocycles. The van der Waals surface area contributed by atoms with Gasteiger partial charge in [0.2, 0.25) is 0 Å². The Morgan fingerprint density at radius 2 is 2.08 bits per heavy atom. The highest BCUT2D eigenvalue weighted by Gasteiger charge is 2.28. The molecule has 0 fully saturated rings. The van der Waals surface area contributed by atoms with Crippen LogP contribution < -0.4 is 5.32 Å². The quantitative estimate of drug-likeness (QED) is 0.897. The minimum absolute atomic E-state index is 0.378. The standard InChI is InChI=1S/C19H21N3O2/c1-19(10-6-9-15(11-19)17(23)24)21-18-20-12-16(13-22(18)2)14-7-4-3-5-8-14/h3-10,12H,11,13H2,1-2H3,(H,20,21)(H,23,24). The molecule has 1 aromatic carbocycles. The van der Waals surface area contributed by atoms with Crippen molar-refractivity contribution in [1.82, 2.24) is 10.2 Å². The Morgan fingerprint density at radius 3 is 2.75 bits per heavy atom. The van der Waals surface area contributed by atoms with E-state index in [1.807, 2.05) is 49.3 Å². The van der Waals surface area contributed by atoms with Gasteiger partial charge in [-0.05, 0) is 18.1 Å². The number of nitrogens with one attached hydrogen (secondary N) is 1. The Balaban J connectivity index is 1.80. The Bertz CT molecular complexity index is 762. The molecule has 1 aliphatic heterocycles. The highest BCUT2D eigenvalue weighted by molar-refractivity contribution is 5.89. The van der Waals surface area contributed by atoms with Crippen LogP contribution in [0.15, 0.2) is 65.3 Å². The minimum Gasteiger partial charge on any atom is -0.478 e. The van der Waals surface area contributed by atoms with Gasteiger partial charge in [0.1, 0.15) is 0 Å². The smallest absolute Gasteiger partial charge is 0.331 e. The number of aliphatic imine (C=N–C) groups is 1. The summed E-state index contributed by atoms with van der Waals surface area (Å²) in [5.74, 6) is -0.143. The summed E-state index contributed by atoms with van der Waals surface area (Å²) in [6.07, 6.45) is 7.70. The Labute approximate surface area is 141 Å². The number of hydrogen-bond donors (Lipinski definition) is 2. The number of nitrogens with zero attached hydrogens (tertiary/aromatic N) is 2. The molecule has 5 nitrogen and oxygen atoms in total. The summed E-state index contributed by atoms with van der Waals surface area (Å²) in [5, 5.41) is 12.5. The summed E-state index contributed by atoms with van der Waals surface area (Å²) in [4.78, 5) is 18.0. The topological polar surface area (TPSA) is 64.9 Å². The lowest BCUT2D eigenvalue weighted by Gasteiger charge is -2.32. The fourth-order valence-electron chi connectivity index (χ4n) is 2.92. The van der Waals surface area contributed by atoms with Crippen molar-refractivity contribution >= 4 is 17.5 Å². The van der Waals surface area contributed by atoms with E-state index in [0.717, 1.165) is 12.5 Å². The molecular weight excluding hydrogens is 302 g/mol. The third kappa shape index (κ3) is 3.40. The lowest BCUT2D eigenvalue weighted by atomic mass is 9.89. The van der Waals surface area contributed by atoms with E-state index in [4.69, 9.17) is 4.99 Å². The Hall–Kier alpha value is -2.82. The first-order valence-corrected chi connectivity index (χ1v) is 7.90. The van der Waals surface area contributed by atoms with Crippen molar-refractivity contribution in [3.05, 3.63) is 65.9 Å². The maximum Gasteiger partial charge on any atom is 0.331 e. The van der Waals surface area contributed by atoms with Crippen molar-refractivity contribution < 1.29 is 9.90 Å². The fourth-order valence-corrected chi connectivity index (χ4v) is 2.92. The summed E-state index contributed by atoms with van der Waals surface area (Å²) >= 11 is 0. The van der Waals surface area contributed by atoms with E-state index >= 15 is 0 Å². The van der Waals surface area contributed by atoms with E-state index in [2.05, 4.69) is 17.4 Å². The molecule has 0 radical (unpaired) electrons. The number of allylic oxidation sites excluding steroid dienone is 2. The van der Waals surface area contributed by atoms with Gasteiger partial charge < -0.3 is 15.3 Å². The number of benzene rings is 1. The van der Waals surface area contributed by atoms with Crippen LogP contribution in [-0.4, -0.2) is 41.1 Å². The van der Waals surface area contributed by atoms with Crippen LogP contribution in [0, 0.1) is 0 Å². The van der Waals surface area contributed by atoms with Crippen molar-refractivity contribution in [2.75, 3.05) is 13.6 Å². The maximum absolute atomic E-state index is 11.2. The van der Waals surface area contributed by atoms with Crippen LogP contribution in [-0.2, 0) is 4.79 Å². The Kier molecular flexibility index (Phi) is 4.25. The number of aliphatic carboxylic acids is 1. The number of likely N-dealkylation sites (N-methyl/N-ethyl adjacent to an activating group) is 1. The molecule has 1 atom stereocenters. The molecule has 1 aromatic rings. The summed E-state index contributed by atoms with van der Waals surface area (Å²) in [5.41, 5.74) is 2.18. The average molecular weight is 323 g/mol. The lowest BCUT2D eigenvalue weighted by molar-refractivity contribution is -0.132. The van der Waals surface area contributed by atoms with Crippen molar-refractivity contribution in [2.24, 2.45) is 4.99 Å². The molecule has 0 saturated carbocycles. The van der Waals surface area contributed by atoms with Crippen LogP contribution in [0.4, 0.5) is 0 Å². The molecular formula is C19H21N3O2. The first-order valence-electron chi connectivity index (χ1n) is 7.90. The predicted octanol–water partition coefficient (Wildman–Crippen LogP) is 2.65. The molecule has 1 unspecified atom stereocenters. The summed E-state index contributed by atoms with van der Waals surface area (Å²) in [6.45, 7) is 2.69. The minimum atomic E-state index is -0.887. The zero-order chi connectivity index (χ0) is 17.2. The number of carboxylic acids is 1. The second-order valence-corrected chi connectivity index (χ2v) is 6.36. The molecule has 3 rings (SSSR count). The lowest BCUT2D eigenvalue weighted by Crippen LogP contribution is -2.43. The van der Waals surface area contributed by atoms with Gasteiger partial charge in [0.15, 0.2) is 5.96 Å². The first kappa shape index (κ1) is 16.1. The fraction of sp³-hybridized carbons (Fsp3) is 0.263. The predicted molar refractivity (Wildman–Crippen MR) is 95.5 cm³/mol. The normalized spacial score (nSPS) is 25.1. The number of carboxylic acid groups (broad SMARTS) is 1. The van der Waals surface area contributed by atoms with Gasteiger partial charge in [0.05, 0.1) is 5.54 Å². The SMILES string of the molecule is CN1CC(c2ccccc2)=CNC1=NC1(C)C=CC=C(C(=O)O)C1. The van der Waals surface area contributed by atoms with Crippen molar-refractivity contribution in [1.29, 1.82) is 0 Å². The molecule has 0 aromatic heterocycles.